The van der Waals surface area contributed by atoms with Crippen molar-refractivity contribution in [3.05, 3.63) is 41.3 Å². The minimum absolute atomic E-state index is 0.107. The van der Waals surface area contributed by atoms with E-state index in [1.54, 1.807) is 0 Å². The van der Waals surface area contributed by atoms with Crippen LogP contribution in [0, 0.1) is 0 Å². The number of halogens is 2. The Kier molecular flexibility index (Phi) is 7.70. The summed E-state index contributed by atoms with van der Waals surface area (Å²) in [5, 5.41) is 12.4. The average Bonchev–Trinajstić information content (AvgIpc) is 2.76. The van der Waals surface area contributed by atoms with Gasteiger partial charge >= 0.3 is 12.0 Å². The lowest BCUT2D eigenvalue weighted by Gasteiger charge is -2.22. The molecule has 7 nitrogen and oxygen atoms in total. The van der Waals surface area contributed by atoms with Gasteiger partial charge in [0.25, 0.3) is 0 Å². The summed E-state index contributed by atoms with van der Waals surface area (Å²) < 4.78 is 34.1. The number of nitrogens with one attached hydrogen (secondary N) is 1. The molecule has 0 bridgehead atoms. The van der Waals surface area contributed by atoms with E-state index >= 15 is 0 Å². The van der Waals surface area contributed by atoms with Crippen LogP contribution >= 0.6 is 0 Å². The Hall–Kier alpha value is -2.84. The van der Waals surface area contributed by atoms with Crippen LogP contribution in [-0.4, -0.2) is 45.6 Å². The summed E-state index contributed by atoms with van der Waals surface area (Å²) in [7, 11) is 1.40. The van der Waals surface area contributed by atoms with E-state index in [2.05, 4.69) is 26.3 Å². The number of anilines is 1. The van der Waals surface area contributed by atoms with Gasteiger partial charge in [0.15, 0.2) is 0 Å². The number of ether oxygens (including phenoxy) is 1. The minimum Gasteiger partial charge on any atom is -0.481 e. The lowest BCUT2D eigenvalue weighted by molar-refractivity contribution is -0.138. The normalized spacial score (nSPS) is 14.4. The van der Waals surface area contributed by atoms with Crippen LogP contribution in [0.15, 0.2) is 24.5 Å². The summed E-state index contributed by atoms with van der Waals surface area (Å²) in [5.41, 5.74) is 2.47. The average molecular weight is 434 g/mol. The van der Waals surface area contributed by atoms with Gasteiger partial charge in [0.2, 0.25) is 5.92 Å². The fourth-order valence-corrected chi connectivity index (χ4v) is 3.82. The summed E-state index contributed by atoms with van der Waals surface area (Å²) >= 11 is 0. The zero-order valence-electron chi connectivity index (χ0n) is 17.6. The number of hydrogen-bond acceptors (Lipinski definition) is 6. The molecule has 0 fully saturated rings. The van der Waals surface area contributed by atoms with Crippen LogP contribution in [0.4, 0.5) is 14.6 Å². The quantitative estimate of drug-likeness (QED) is 0.511. The Labute approximate surface area is 180 Å². The van der Waals surface area contributed by atoms with Crippen molar-refractivity contribution >= 4 is 11.8 Å². The zero-order valence-corrected chi connectivity index (χ0v) is 17.6. The van der Waals surface area contributed by atoms with Crippen molar-refractivity contribution in [1.82, 2.24) is 15.0 Å². The zero-order chi connectivity index (χ0) is 22.3. The maximum atomic E-state index is 14.6. The van der Waals surface area contributed by atoms with Crippen molar-refractivity contribution in [3.8, 4) is 6.01 Å². The number of aryl methyl sites for hydroxylation is 2. The maximum absolute atomic E-state index is 14.6. The molecule has 0 spiro atoms. The fourth-order valence-electron chi connectivity index (χ4n) is 3.82. The van der Waals surface area contributed by atoms with Crippen molar-refractivity contribution in [1.29, 1.82) is 0 Å². The third kappa shape index (κ3) is 6.83. The standard InChI is InChI=1S/C22H28F2N4O3/c1-31-21-26-13-17(14-27-21)16(11-19(29)30)12-22(23,24)9-3-2-6-18-8-7-15-5-4-10-25-20(15)28-18/h7-8,13-14,16H,2-6,9-12H2,1H3,(H,25,28)(H,29,30)/t16-/m1/s1. The molecule has 0 amide bonds. The van der Waals surface area contributed by atoms with Crippen molar-refractivity contribution in [2.45, 2.75) is 63.2 Å². The van der Waals surface area contributed by atoms with E-state index in [0.717, 1.165) is 30.9 Å². The molecule has 2 aromatic rings. The number of unbranched alkanes of at least 4 members (excludes halogenated alkanes) is 1. The molecule has 0 saturated heterocycles. The van der Waals surface area contributed by atoms with Crippen molar-refractivity contribution in [2.75, 3.05) is 19.0 Å². The smallest absolute Gasteiger partial charge is 0.316 e. The van der Waals surface area contributed by atoms with Crippen LogP contribution in [-0.2, 0) is 17.6 Å². The van der Waals surface area contributed by atoms with E-state index in [9.17, 15) is 13.6 Å². The Morgan fingerprint density at radius 2 is 2.06 bits per heavy atom. The van der Waals surface area contributed by atoms with Crippen molar-refractivity contribution < 1.29 is 23.4 Å². The first-order chi connectivity index (χ1) is 14.9. The first kappa shape index (κ1) is 22.8. The molecule has 0 aliphatic carbocycles. The summed E-state index contributed by atoms with van der Waals surface area (Å²) in [6.45, 7) is 0.909. The Morgan fingerprint density at radius 1 is 1.29 bits per heavy atom. The summed E-state index contributed by atoms with van der Waals surface area (Å²) in [6.07, 6.45) is 5.10. The number of fused-ring (bicyclic) bond motifs is 1. The van der Waals surface area contributed by atoms with E-state index < -0.39 is 30.7 Å². The summed E-state index contributed by atoms with van der Waals surface area (Å²) in [6, 6.07) is 4.14. The molecule has 1 aliphatic heterocycles. The number of hydrogen-bond donors (Lipinski definition) is 2. The van der Waals surface area contributed by atoms with Gasteiger partial charge in [0.1, 0.15) is 5.82 Å². The summed E-state index contributed by atoms with van der Waals surface area (Å²) in [5.74, 6) is -4.08. The highest BCUT2D eigenvalue weighted by atomic mass is 19.3. The molecular weight excluding hydrogens is 406 g/mol. The van der Waals surface area contributed by atoms with Gasteiger partial charge in [-0.1, -0.05) is 6.07 Å². The molecule has 0 unspecified atom stereocenters. The van der Waals surface area contributed by atoms with E-state index in [4.69, 9.17) is 9.84 Å². The highest BCUT2D eigenvalue weighted by Crippen LogP contribution is 2.36. The highest BCUT2D eigenvalue weighted by Gasteiger charge is 2.34. The van der Waals surface area contributed by atoms with Gasteiger partial charge in [-0.25, -0.2) is 23.7 Å². The van der Waals surface area contributed by atoms with Gasteiger partial charge in [-0.2, -0.15) is 0 Å². The molecule has 0 radical (unpaired) electrons. The van der Waals surface area contributed by atoms with Gasteiger partial charge < -0.3 is 15.2 Å². The SMILES string of the molecule is COc1ncc([C@H](CC(=O)O)CC(F)(F)CCCCc2ccc3c(n2)NCCC3)cn1. The van der Waals surface area contributed by atoms with Crippen LogP contribution in [0.25, 0.3) is 0 Å². The van der Waals surface area contributed by atoms with Crippen LogP contribution in [0.2, 0.25) is 0 Å². The van der Waals surface area contributed by atoms with Crippen molar-refractivity contribution in [2.24, 2.45) is 0 Å². The fraction of sp³-hybridized carbons (Fsp3) is 0.545. The largest absolute Gasteiger partial charge is 0.481 e. The van der Waals surface area contributed by atoms with Gasteiger partial charge in [0.05, 0.1) is 13.5 Å². The Balaban J connectivity index is 1.52. The third-order valence-corrected chi connectivity index (χ3v) is 5.45. The second-order valence-electron chi connectivity index (χ2n) is 7.91. The van der Waals surface area contributed by atoms with E-state index in [-0.39, 0.29) is 12.4 Å². The number of aliphatic carboxylic acids is 1. The van der Waals surface area contributed by atoms with Crippen LogP contribution in [0.5, 0.6) is 6.01 Å². The molecule has 3 rings (SSSR count). The van der Waals surface area contributed by atoms with Gasteiger partial charge in [-0.15, -0.1) is 0 Å². The number of alkyl halides is 2. The van der Waals surface area contributed by atoms with E-state index in [1.165, 1.54) is 25.1 Å². The molecule has 0 aromatic carbocycles. The minimum atomic E-state index is -2.98. The first-order valence-corrected chi connectivity index (χ1v) is 10.5. The number of rotatable bonds is 11. The monoisotopic (exact) mass is 434 g/mol. The number of aromatic nitrogens is 3. The highest BCUT2D eigenvalue weighted by molar-refractivity contribution is 5.68. The topological polar surface area (TPSA) is 97.2 Å². The number of carboxylic acid groups (broad SMARTS) is 1. The lowest BCUT2D eigenvalue weighted by Crippen LogP contribution is -2.22. The Bertz CT molecular complexity index is 878. The molecule has 0 saturated carbocycles. The lowest BCUT2D eigenvalue weighted by atomic mass is 9.89. The first-order valence-electron chi connectivity index (χ1n) is 10.5. The molecule has 2 aromatic heterocycles. The predicted molar refractivity (Wildman–Crippen MR) is 112 cm³/mol. The van der Waals surface area contributed by atoms with E-state index in [1.807, 2.05) is 6.07 Å². The molecule has 3 heterocycles. The second-order valence-corrected chi connectivity index (χ2v) is 7.91. The van der Waals surface area contributed by atoms with Gasteiger partial charge in [0, 0.05) is 43.4 Å². The predicted octanol–water partition coefficient (Wildman–Crippen LogP) is 4.24. The number of nitrogens with zero attached hydrogens (tertiary/aromatic N) is 3. The molecule has 1 aliphatic rings. The van der Waals surface area contributed by atoms with Crippen LogP contribution in [0.3, 0.4) is 0 Å². The van der Waals surface area contributed by atoms with E-state index in [0.29, 0.717) is 24.8 Å². The number of pyridine rings is 1. The molecule has 31 heavy (non-hydrogen) atoms. The summed E-state index contributed by atoms with van der Waals surface area (Å²) in [4.78, 5) is 23.6. The molecule has 9 heteroatoms. The van der Waals surface area contributed by atoms with Crippen LogP contribution < -0.4 is 10.1 Å². The number of methoxy groups -OCH3 is 1. The number of carbonyl (C=O) groups is 1. The Morgan fingerprint density at radius 3 is 2.77 bits per heavy atom. The molecular formula is C22H28F2N4O3. The molecule has 2 N–H and O–H groups in total. The van der Waals surface area contributed by atoms with Crippen LogP contribution in [0.1, 0.15) is 61.3 Å². The third-order valence-electron chi connectivity index (χ3n) is 5.45. The maximum Gasteiger partial charge on any atom is 0.316 e. The van der Waals surface area contributed by atoms with Gasteiger partial charge in [-0.05, 0) is 49.3 Å². The molecule has 168 valence electrons. The van der Waals surface area contributed by atoms with Crippen molar-refractivity contribution in [3.63, 3.8) is 0 Å². The van der Waals surface area contributed by atoms with Gasteiger partial charge in [-0.3, -0.25) is 4.79 Å². The number of carboxylic acids is 1. The second kappa shape index (κ2) is 10.5. The molecule has 1 atom stereocenters.